The molecule has 1 saturated heterocycles. The highest BCUT2D eigenvalue weighted by Gasteiger charge is 2.34. The van der Waals surface area contributed by atoms with Crippen LogP contribution in [-0.2, 0) is 14.8 Å². The van der Waals surface area contributed by atoms with Crippen LogP contribution in [0.1, 0.15) is 18.4 Å². The minimum Gasteiger partial charge on any atom is -0.493 e. The van der Waals surface area contributed by atoms with E-state index in [0.29, 0.717) is 24.9 Å². The van der Waals surface area contributed by atoms with Crippen LogP contribution in [0.2, 0.25) is 0 Å². The molecule has 1 fully saturated rings. The van der Waals surface area contributed by atoms with Crippen LogP contribution in [0.3, 0.4) is 0 Å². The molecule has 2 aromatic rings. The number of esters is 1. The zero-order valence-corrected chi connectivity index (χ0v) is 16.2. The highest BCUT2D eigenvalue weighted by molar-refractivity contribution is 7.89. The molecule has 0 amide bonds. The lowest BCUT2D eigenvalue weighted by Gasteiger charge is -2.30. The third kappa shape index (κ3) is 4.16. The van der Waals surface area contributed by atoms with Crippen LogP contribution in [0.25, 0.3) is 0 Å². The summed E-state index contributed by atoms with van der Waals surface area (Å²) < 4.78 is 37.6. The average molecular weight is 400 g/mol. The van der Waals surface area contributed by atoms with Crippen LogP contribution in [0, 0.1) is 17.2 Å². The normalized spacial score (nSPS) is 17.5. The summed E-state index contributed by atoms with van der Waals surface area (Å²) in [4.78, 5) is 12.8. The van der Waals surface area contributed by atoms with Crippen molar-refractivity contribution in [3.63, 3.8) is 0 Å². The van der Waals surface area contributed by atoms with Crippen molar-refractivity contribution >= 4 is 16.0 Å². The molecule has 1 atom stereocenters. The Balaban J connectivity index is 1.74. The van der Waals surface area contributed by atoms with Gasteiger partial charge in [0.2, 0.25) is 10.0 Å². The van der Waals surface area contributed by atoms with Crippen molar-refractivity contribution in [3.8, 4) is 17.6 Å². The SMILES string of the molecule is COc1cc(C#N)ccc1OC(=O)C1CCCN(S(=O)(=O)c2ccccc2)C1. The van der Waals surface area contributed by atoms with E-state index in [1.807, 2.05) is 6.07 Å². The van der Waals surface area contributed by atoms with E-state index in [-0.39, 0.29) is 22.9 Å². The molecule has 0 spiro atoms. The van der Waals surface area contributed by atoms with Gasteiger partial charge in [-0.3, -0.25) is 4.79 Å². The quantitative estimate of drug-likeness (QED) is 0.565. The summed E-state index contributed by atoms with van der Waals surface area (Å²) in [6.45, 7) is 0.426. The molecule has 0 radical (unpaired) electrons. The lowest BCUT2D eigenvalue weighted by atomic mass is 10.00. The summed E-state index contributed by atoms with van der Waals surface area (Å²) in [6.07, 6.45) is 1.11. The Morgan fingerprint density at radius 1 is 1.18 bits per heavy atom. The van der Waals surface area contributed by atoms with E-state index in [1.165, 1.54) is 29.6 Å². The molecule has 28 heavy (non-hydrogen) atoms. The second-order valence-corrected chi connectivity index (χ2v) is 8.35. The van der Waals surface area contributed by atoms with E-state index in [4.69, 9.17) is 14.7 Å². The molecule has 7 nitrogen and oxygen atoms in total. The molecular formula is C20H20N2O5S. The third-order valence-electron chi connectivity index (χ3n) is 4.60. The van der Waals surface area contributed by atoms with Crippen molar-refractivity contribution in [2.45, 2.75) is 17.7 Å². The molecule has 0 saturated carbocycles. The monoisotopic (exact) mass is 400 g/mol. The molecule has 1 heterocycles. The summed E-state index contributed by atoms with van der Waals surface area (Å²) in [5.74, 6) is -0.616. The molecule has 8 heteroatoms. The van der Waals surface area contributed by atoms with Crippen LogP contribution in [-0.4, -0.2) is 38.9 Å². The van der Waals surface area contributed by atoms with E-state index in [0.717, 1.165) is 0 Å². The number of benzene rings is 2. The largest absolute Gasteiger partial charge is 0.493 e. The average Bonchev–Trinajstić information content (AvgIpc) is 2.74. The molecule has 0 aromatic heterocycles. The second-order valence-electron chi connectivity index (χ2n) is 6.41. The Labute approximate surface area is 164 Å². The topological polar surface area (TPSA) is 96.7 Å². The van der Waals surface area contributed by atoms with Gasteiger partial charge >= 0.3 is 5.97 Å². The highest BCUT2D eigenvalue weighted by Crippen LogP contribution is 2.30. The van der Waals surface area contributed by atoms with E-state index in [1.54, 1.807) is 30.3 Å². The second kappa shape index (κ2) is 8.42. The zero-order chi connectivity index (χ0) is 20.1. The van der Waals surface area contributed by atoms with Crippen LogP contribution >= 0.6 is 0 Å². The first-order valence-corrected chi connectivity index (χ1v) is 10.2. The number of sulfonamides is 1. The predicted octanol–water partition coefficient (Wildman–Crippen LogP) is 2.57. The maximum Gasteiger partial charge on any atom is 0.315 e. The van der Waals surface area contributed by atoms with Gasteiger partial charge in [-0.1, -0.05) is 18.2 Å². The van der Waals surface area contributed by atoms with Crippen molar-refractivity contribution in [2.75, 3.05) is 20.2 Å². The molecule has 1 aliphatic rings. The van der Waals surface area contributed by atoms with Crippen LogP contribution in [0.15, 0.2) is 53.4 Å². The van der Waals surface area contributed by atoms with E-state index >= 15 is 0 Å². The maximum absolute atomic E-state index is 12.8. The fourth-order valence-electron chi connectivity index (χ4n) is 3.11. The number of ether oxygens (including phenoxy) is 2. The number of carbonyl (C=O) groups is 1. The molecule has 146 valence electrons. The van der Waals surface area contributed by atoms with Crippen molar-refractivity contribution in [1.82, 2.24) is 4.31 Å². The Morgan fingerprint density at radius 2 is 1.93 bits per heavy atom. The van der Waals surface area contributed by atoms with Gasteiger partial charge < -0.3 is 9.47 Å². The number of piperidine rings is 1. The van der Waals surface area contributed by atoms with Crippen molar-refractivity contribution in [1.29, 1.82) is 5.26 Å². The molecule has 1 aliphatic heterocycles. The molecule has 3 rings (SSSR count). The lowest BCUT2D eigenvalue weighted by Crippen LogP contribution is -2.43. The van der Waals surface area contributed by atoms with Gasteiger partial charge in [0.15, 0.2) is 11.5 Å². The number of nitrogens with zero attached hydrogens (tertiary/aromatic N) is 2. The minimum absolute atomic E-state index is 0.0641. The smallest absolute Gasteiger partial charge is 0.315 e. The number of methoxy groups -OCH3 is 1. The fourth-order valence-corrected chi connectivity index (χ4v) is 4.65. The molecule has 0 N–H and O–H groups in total. The molecule has 1 unspecified atom stereocenters. The van der Waals surface area contributed by atoms with Gasteiger partial charge in [-0.15, -0.1) is 0 Å². The lowest BCUT2D eigenvalue weighted by molar-refractivity contribution is -0.140. The number of nitriles is 1. The first-order valence-electron chi connectivity index (χ1n) is 8.80. The summed E-state index contributed by atoms with van der Waals surface area (Å²) in [7, 11) is -2.24. The Kier molecular flexibility index (Phi) is 5.97. The van der Waals surface area contributed by atoms with Gasteiger partial charge in [0.1, 0.15) is 0 Å². The number of carbonyl (C=O) groups excluding carboxylic acids is 1. The van der Waals surface area contributed by atoms with Crippen LogP contribution in [0.5, 0.6) is 11.5 Å². The molecule has 0 bridgehead atoms. The van der Waals surface area contributed by atoms with Gasteiger partial charge in [-0.2, -0.15) is 9.57 Å². The number of hydrogen-bond donors (Lipinski definition) is 0. The summed E-state index contributed by atoms with van der Waals surface area (Å²) >= 11 is 0. The minimum atomic E-state index is -3.66. The van der Waals surface area contributed by atoms with Crippen molar-refractivity contribution < 1.29 is 22.7 Å². The maximum atomic E-state index is 12.8. The van der Waals surface area contributed by atoms with Gasteiger partial charge in [0, 0.05) is 19.2 Å². The van der Waals surface area contributed by atoms with Crippen molar-refractivity contribution in [3.05, 3.63) is 54.1 Å². The van der Waals surface area contributed by atoms with E-state index in [2.05, 4.69) is 0 Å². The fraction of sp³-hybridized carbons (Fsp3) is 0.300. The standard InChI is InChI=1S/C20H20N2O5S/c1-26-19-12-15(13-21)9-10-18(19)27-20(23)16-6-5-11-22(14-16)28(24,25)17-7-3-2-4-8-17/h2-4,7-10,12,16H,5-6,11,14H2,1H3. The highest BCUT2D eigenvalue weighted by atomic mass is 32.2. The Bertz CT molecular complexity index is 999. The summed E-state index contributed by atoms with van der Waals surface area (Å²) in [6, 6.07) is 14.7. The molecule has 0 aliphatic carbocycles. The number of hydrogen-bond acceptors (Lipinski definition) is 6. The Morgan fingerprint density at radius 3 is 2.61 bits per heavy atom. The van der Waals surface area contributed by atoms with Gasteiger partial charge in [0.05, 0.1) is 29.6 Å². The summed E-state index contributed by atoms with van der Waals surface area (Å²) in [5, 5.41) is 8.96. The van der Waals surface area contributed by atoms with E-state index < -0.39 is 21.9 Å². The van der Waals surface area contributed by atoms with Crippen LogP contribution in [0.4, 0.5) is 0 Å². The predicted molar refractivity (Wildman–Crippen MR) is 101 cm³/mol. The summed E-state index contributed by atoms with van der Waals surface area (Å²) in [5.41, 5.74) is 0.384. The van der Waals surface area contributed by atoms with Gasteiger partial charge in [0.25, 0.3) is 0 Å². The number of rotatable bonds is 5. The first kappa shape index (κ1) is 19.9. The van der Waals surface area contributed by atoms with Gasteiger partial charge in [-0.25, -0.2) is 8.42 Å². The van der Waals surface area contributed by atoms with Crippen LogP contribution < -0.4 is 9.47 Å². The zero-order valence-electron chi connectivity index (χ0n) is 15.4. The first-order chi connectivity index (χ1) is 13.5. The molecular weight excluding hydrogens is 380 g/mol. The van der Waals surface area contributed by atoms with Gasteiger partial charge in [-0.05, 0) is 37.1 Å². The Hall–Kier alpha value is -2.89. The molecule has 2 aromatic carbocycles. The van der Waals surface area contributed by atoms with Crippen molar-refractivity contribution in [2.24, 2.45) is 5.92 Å². The third-order valence-corrected chi connectivity index (χ3v) is 6.48. The van der Waals surface area contributed by atoms with E-state index in [9.17, 15) is 13.2 Å².